The Morgan fingerprint density at radius 1 is 1.37 bits per heavy atom. The molecule has 1 atom stereocenters. The molecule has 2 rings (SSSR count). The Morgan fingerprint density at radius 2 is 2.00 bits per heavy atom. The van der Waals surface area contributed by atoms with Crippen molar-refractivity contribution in [1.29, 1.82) is 0 Å². The van der Waals surface area contributed by atoms with Crippen LogP contribution < -0.4 is 5.32 Å². The Balaban J connectivity index is 2.11. The number of amides is 3. The van der Waals surface area contributed by atoms with E-state index in [-0.39, 0.29) is 25.6 Å². The number of alkyl halides is 3. The van der Waals surface area contributed by atoms with Crippen molar-refractivity contribution < 1.29 is 22.8 Å². The van der Waals surface area contributed by atoms with Gasteiger partial charge in [-0.15, -0.1) is 0 Å². The van der Waals surface area contributed by atoms with Gasteiger partial charge in [0.1, 0.15) is 5.54 Å². The Morgan fingerprint density at radius 3 is 2.47 bits per heavy atom. The summed E-state index contributed by atoms with van der Waals surface area (Å²) in [6.45, 7) is 2.40. The van der Waals surface area contributed by atoms with Crippen molar-refractivity contribution in [3.63, 3.8) is 0 Å². The summed E-state index contributed by atoms with van der Waals surface area (Å²) in [5, 5.41) is 2.55. The molecule has 0 aromatic rings. The molecule has 1 unspecified atom stereocenters. The van der Waals surface area contributed by atoms with Crippen LogP contribution in [0.25, 0.3) is 0 Å². The molecule has 2 fully saturated rings. The number of likely N-dealkylation sites (tertiary alicyclic amines) is 1. The highest BCUT2D eigenvalue weighted by Gasteiger charge is 2.56. The summed E-state index contributed by atoms with van der Waals surface area (Å²) in [6, 6.07) is -0.822. The summed E-state index contributed by atoms with van der Waals surface area (Å²) in [7, 11) is 0. The SMILES string of the molecule is CC(C)N1C(=O)NC2(CCN(CC(F)(F)F)C2)C1=O. The molecule has 1 spiro atoms. The zero-order chi connectivity index (χ0) is 14.4. The summed E-state index contributed by atoms with van der Waals surface area (Å²) in [5.74, 6) is -0.419. The largest absolute Gasteiger partial charge is 0.401 e. The second kappa shape index (κ2) is 4.36. The summed E-state index contributed by atoms with van der Waals surface area (Å²) in [5.41, 5.74) is -1.17. The standard InChI is InChI=1S/C11H16F3N3O2/c1-7(2)17-8(18)10(15-9(17)19)3-4-16(5-10)6-11(12,13)14/h7H,3-6H2,1-2H3,(H,15,19). The summed E-state index contributed by atoms with van der Waals surface area (Å²) >= 11 is 0. The van der Waals surface area contributed by atoms with Crippen LogP contribution in [0.3, 0.4) is 0 Å². The lowest BCUT2D eigenvalue weighted by Gasteiger charge is -2.23. The zero-order valence-electron chi connectivity index (χ0n) is 10.8. The number of hydrogen-bond donors (Lipinski definition) is 1. The Hall–Kier alpha value is -1.31. The minimum Gasteiger partial charge on any atom is -0.322 e. The number of nitrogens with one attached hydrogen (secondary N) is 1. The van der Waals surface area contributed by atoms with Gasteiger partial charge >= 0.3 is 12.2 Å². The first-order valence-electron chi connectivity index (χ1n) is 6.09. The molecule has 0 aromatic heterocycles. The lowest BCUT2D eigenvalue weighted by Crippen LogP contribution is -2.50. The molecule has 2 heterocycles. The molecule has 5 nitrogen and oxygen atoms in total. The van der Waals surface area contributed by atoms with E-state index in [1.807, 2.05) is 0 Å². The Kier molecular flexibility index (Phi) is 3.24. The van der Waals surface area contributed by atoms with Crippen molar-refractivity contribution in [1.82, 2.24) is 15.1 Å². The van der Waals surface area contributed by atoms with E-state index in [1.165, 1.54) is 0 Å². The normalized spacial score (nSPS) is 28.8. The van der Waals surface area contributed by atoms with Crippen LogP contribution in [0.1, 0.15) is 20.3 Å². The second-order valence-electron chi connectivity index (χ2n) is 5.36. The van der Waals surface area contributed by atoms with Crippen molar-refractivity contribution in [2.24, 2.45) is 0 Å². The first-order valence-corrected chi connectivity index (χ1v) is 6.09. The van der Waals surface area contributed by atoms with Gasteiger partial charge in [0.15, 0.2) is 0 Å². The van der Waals surface area contributed by atoms with Crippen LogP contribution in [-0.2, 0) is 4.79 Å². The van der Waals surface area contributed by atoms with E-state index in [2.05, 4.69) is 5.32 Å². The molecule has 108 valence electrons. The first kappa shape index (κ1) is 14.1. The van der Waals surface area contributed by atoms with Gasteiger partial charge in [-0.3, -0.25) is 14.6 Å². The predicted molar refractivity (Wildman–Crippen MR) is 60.4 cm³/mol. The van der Waals surface area contributed by atoms with Crippen LogP contribution in [-0.4, -0.2) is 59.1 Å². The molecule has 2 aliphatic rings. The van der Waals surface area contributed by atoms with E-state index in [0.717, 1.165) is 9.80 Å². The quantitative estimate of drug-likeness (QED) is 0.766. The van der Waals surface area contributed by atoms with Gasteiger partial charge in [-0.1, -0.05) is 0 Å². The van der Waals surface area contributed by atoms with E-state index >= 15 is 0 Å². The minimum absolute atomic E-state index is 0.0830. The van der Waals surface area contributed by atoms with E-state index in [9.17, 15) is 22.8 Å². The average molecular weight is 279 g/mol. The maximum absolute atomic E-state index is 12.3. The van der Waals surface area contributed by atoms with Crippen LogP contribution in [0.2, 0.25) is 0 Å². The minimum atomic E-state index is -4.30. The fourth-order valence-corrected chi connectivity index (χ4v) is 2.66. The smallest absolute Gasteiger partial charge is 0.322 e. The molecule has 2 saturated heterocycles. The second-order valence-corrected chi connectivity index (χ2v) is 5.36. The van der Waals surface area contributed by atoms with Gasteiger partial charge in [-0.2, -0.15) is 13.2 Å². The number of hydrogen-bond acceptors (Lipinski definition) is 3. The molecule has 2 aliphatic heterocycles. The maximum Gasteiger partial charge on any atom is 0.401 e. The molecule has 0 aromatic carbocycles. The van der Waals surface area contributed by atoms with Crippen molar-refractivity contribution >= 4 is 11.9 Å². The topological polar surface area (TPSA) is 52.7 Å². The van der Waals surface area contributed by atoms with Gasteiger partial charge in [0.2, 0.25) is 0 Å². The number of urea groups is 1. The van der Waals surface area contributed by atoms with Crippen LogP contribution in [0.4, 0.5) is 18.0 Å². The first-order chi connectivity index (χ1) is 8.65. The van der Waals surface area contributed by atoms with Crippen molar-refractivity contribution in [2.45, 2.75) is 38.0 Å². The number of nitrogens with zero attached hydrogens (tertiary/aromatic N) is 2. The van der Waals surface area contributed by atoms with Crippen LogP contribution in [0.5, 0.6) is 0 Å². The number of carbonyl (C=O) groups excluding carboxylic acids is 2. The van der Waals surface area contributed by atoms with E-state index in [4.69, 9.17) is 0 Å². The van der Waals surface area contributed by atoms with E-state index in [1.54, 1.807) is 13.8 Å². The van der Waals surface area contributed by atoms with Crippen molar-refractivity contribution in [3.8, 4) is 0 Å². The van der Waals surface area contributed by atoms with Crippen LogP contribution >= 0.6 is 0 Å². The van der Waals surface area contributed by atoms with Gasteiger partial charge in [0.25, 0.3) is 5.91 Å². The van der Waals surface area contributed by atoms with Gasteiger partial charge in [0.05, 0.1) is 6.54 Å². The fourth-order valence-electron chi connectivity index (χ4n) is 2.66. The summed E-state index contributed by atoms with van der Waals surface area (Å²) in [6.07, 6.45) is -4.08. The lowest BCUT2D eigenvalue weighted by atomic mass is 9.99. The molecule has 3 amide bonds. The predicted octanol–water partition coefficient (Wildman–Crippen LogP) is 0.953. The maximum atomic E-state index is 12.3. The molecule has 1 N–H and O–H groups in total. The van der Waals surface area contributed by atoms with Gasteiger partial charge in [0, 0.05) is 19.1 Å². The fraction of sp³-hybridized carbons (Fsp3) is 0.818. The lowest BCUT2D eigenvalue weighted by molar-refractivity contribution is -0.145. The number of rotatable bonds is 2. The molecule has 8 heteroatoms. The average Bonchev–Trinajstić information content (AvgIpc) is 2.68. The van der Waals surface area contributed by atoms with Gasteiger partial charge in [-0.05, 0) is 20.3 Å². The number of imide groups is 1. The molecular formula is C11H16F3N3O2. The molecule has 0 bridgehead atoms. The highest BCUT2D eigenvalue weighted by atomic mass is 19.4. The number of halogens is 3. The summed E-state index contributed by atoms with van der Waals surface area (Å²) < 4.78 is 37.0. The van der Waals surface area contributed by atoms with Gasteiger partial charge < -0.3 is 5.32 Å². The highest BCUT2D eigenvalue weighted by molar-refractivity contribution is 6.07. The van der Waals surface area contributed by atoms with Crippen molar-refractivity contribution in [3.05, 3.63) is 0 Å². The van der Waals surface area contributed by atoms with E-state index < -0.39 is 30.2 Å². The van der Waals surface area contributed by atoms with Crippen LogP contribution in [0.15, 0.2) is 0 Å². The third kappa shape index (κ3) is 2.54. The molecule has 0 aliphatic carbocycles. The molecule has 0 radical (unpaired) electrons. The molecule has 19 heavy (non-hydrogen) atoms. The zero-order valence-corrected chi connectivity index (χ0v) is 10.8. The third-order valence-electron chi connectivity index (χ3n) is 3.46. The summed E-state index contributed by atoms with van der Waals surface area (Å²) in [4.78, 5) is 26.2. The highest BCUT2D eigenvalue weighted by Crippen LogP contribution is 2.31. The molecule has 0 saturated carbocycles. The molecular weight excluding hydrogens is 263 g/mol. The van der Waals surface area contributed by atoms with Crippen LogP contribution in [0, 0.1) is 0 Å². The van der Waals surface area contributed by atoms with Crippen molar-refractivity contribution in [2.75, 3.05) is 19.6 Å². The van der Waals surface area contributed by atoms with E-state index in [0.29, 0.717) is 0 Å². The monoisotopic (exact) mass is 279 g/mol. The Labute approximate surface area is 108 Å². The van der Waals surface area contributed by atoms with Gasteiger partial charge in [-0.25, -0.2) is 4.79 Å². The Bertz CT molecular complexity index is 410. The number of carbonyl (C=O) groups is 2. The third-order valence-corrected chi connectivity index (χ3v) is 3.46.